The monoisotopic (exact) mass is 337 g/mol. The van der Waals surface area contributed by atoms with Crippen LogP contribution in [0, 0.1) is 18.3 Å². The Labute approximate surface area is 143 Å². The van der Waals surface area contributed by atoms with Crippen molar-refractivity contribution in [2.24, 2.45) is 0 Å². The molecule has 0 fully saturated rings. The maximum absolute atomic E-state index is 12.6. The number of nitrogens with zero attached hydrogens (tertiary/aromatic N) is 2. The van der Waals surface area contributed by atoms with Crippen LogP contribution in [0.4, 0.5) is 5.69 Å². The minimum atomic E-state index is -0.362. The Morgan fingerprint density at radius 2 is 2.00 bits per heavy atom. The van der Waals surface area contributed by atoms with Gasteiger partial charge in [-0.1, -0.05) is 47.1 Å². The SMILES string of the molecule is Cc1onc(-c2ccccc2)c1C(=O)Nc1ccc(Cl)c(C#N)c1. The predicted molar refractivity (Wildman–Crippen MR) is 90.8 cm³/mol. The summed E-state index contributed by atoms with van der Waals surface area (Å²) in [6, 6.07) is 16.0. The topological polar surface area (TPSA) is 78.9 Å². The number of rotatable bonds is 3. The van der Waals surface area contributed by atoms with Gasteiger partial charge in [0, 0.05) is 11.3 Å². The van der Waals surface area contributed by atoms with Gasteiger partial charge in [0.05, 0.1) is 10.6 Å². The number of amides is 1. The van der Waals surface area contributed by atoms with E-state index in [-0.39, 0.29) is 5.91 Å². The average Bonchev–Trinajstić information content (AvgIpc) is 2.99. The molecule has 2 aromatic carbocycles. The zero-order valence-electron chi connectivity index (χ0n) is 12.7. The largest absolute Gasteiger partial charge is 0.360 e. The molecule has 0 aliphatic heterocycles. The molecule has 118 valence electrons. The molecule has 0 unspecified atom stereocenters. The van der Waals surface area contributed by atoms with E-state index in [9.17, 15) is 4.79 Å². The molecule has 1 amide bonds. The molecule has 0 bridgehead atoms. The fourth-order valence-corrected chi connectivity index (χ4v) is 2.47. The van der Waals surface area contributed by atoms with Crippen molar-refractivity contribution in [3.63, 3.8) is 0 Å². The molecule has 24 heavy (non-hydrogen) atoms. The number of carbonyl (C=O) groups excluding carboxylic acids is 1. The van der Waals surface area contributed by atoms with Crippen LogP contribution in [0.25, 0.3) is 11.3 Å². The van der Waals surface area contributed by atoms with E-state index in [4.69, 9.17) is 21.4 Å². The molecular weight excluding hydrogens is 326 g/mol. The normalized spacial score (nSPS) is 10.2. The first-order valence-corrected chi connectivity index (χ1v) is 7.50. The highest BCUT2D eigenvalue weighted by molar-refractivity contribution is 6.31. The predicted octanol–water partition coefficient (Wildman–Crippen LogP) is 4.43. The highest BCUT2D eigenvalue weighted by Gasteiger charge is 2.21. The summed E-state index contributed by atoms with van der Waals surface area (Å²) < 4.78 is 5.19. The van der Waals surface area contributed by atoms with Gasteiger partial charge < -0.3 is 9.84 Å². The maximum atomic E-state index is 12.6. The Balaban J connectivity index is 1.94. The van der Waals surface area contributed by atoms with Crippen LogP contribution in [-0.2, 0) is 0 Å². The lowest BCUT2D eigenvalue weighted by atomic mass is 10.1. The minimum absolute atomic E-state index is 0.291. The Bertz CT molecular complexity index is 943. The van der Waals surface area contributed by atoms with Gasteiger partial charge in [0.2, 0.25) is 0 Å². The lowest BCUT2D eigenvalue weighted by Crippen LogP contribution is -2.13. The van der Waals surface area contributed by atoms with Crippen LogP contribution in [0.3, 0.4) is 0 Å². The van der Waals surface area contributed by atoms with Crippen molar-refractivity contribution in [3.05, 3.63) is 70.4 Å². The third kappa shape index (κ3) is 3.00. The quantitative estimate of drug-likeness (QED) is 0.766. The molecule has 5 nitrogen and oxygen atoms in total. The van der Waals surface area contributed by atoms with Crippen molar-refractivity contribution in [3.8, 4) is 17.3 Å². The Hall–Kier alpha value is -3.10. The van der Waals surface area contributed by atoms with Crippen molar-refractivity contribution in [1.82, 2.24) is 5.16 Å². The van der Waals surface area contributed by atoms with Gasteiger partial charge in [0.1, 0.15) is 23.1 Å². The standard InChI is InChI=1S/C18H12ClN3O2/c1-11-16(17(22-24-11)12-5-3-2-4-6-12)18(23)21-14-7-8-15(19)13(9-14)10-20/h2-9H,1H3,(H,21,23). The van der Waals surface area contributed by atoms with Crippen LogP contribution in [0.2, 0.25) is 5.02 Å². The smallest absolute Gasteiger partial charge is 0.261 e. The summed E-state index contributed by atoms with van der Waals surface area (Å²) in [5.74, 6) is 0.0552. The Kier molecular flexibility index (Phi) is 4.32. The van der Waals surface area contributed by atoms with Crippen LogP contribution in [0.15, 0.2) is 53.1 Å². The molecule has 1 aromatic heterocycles. The van der Waals surface area contributed by atoms with Gasteiger partial charge in [0.25, 0.3) is 5.91 Å². The van der Waals surface area contributed by atoms with E-state index >= 15 is 0 Å². The summed E-state index contributed by atoms with van der Waals surface area (Å²) in [4.78, 5) is 12.6. The maximum Gasteiger partial charge on any atom is 0.261 e. The highest BCUT2D eigenvalue weighted by atomic mass is 35.5. The summed E-state index contributed by atoms with van der Waals surface area (Å²) >= 11 is 5.90. The number of nitrogens with one attached hydrogen (secondary N) is 1. The first-order chi connectivity index (χ1) is 11.6. The summed E-state index contributed by atoms with van der Waals surface area (Å²) in [5.41, 5.74) is 2.38. The van der Waals surface area contributed by atoms with Crippen LogP contribution < -0.4 is 5.32 Å². The second-order valence-electron chi connectivity index (χ2n) is 5.09. The second-order valence-corrected chi connectivity index (χ2v) is 5.50. The zero-order chi connectivity index (χ0) is 17.1. The second kappa shape index (κ2) is 6.57. The van der Waals surface area contributed by atoms with Crippen molar-refractivity contribution in [1.29, 1.82) is 5.26 Å². The fourth-order valence-electron chi connectivity index (χ4n) is 2.31. The van der Waals surface area contributed by atoms with E-state index < -0.39 is 0 Å². The van der Waals surface area contributed by atoms with Crippen molar-refractivity contribution >= 4 is 23.2 Å². The molecule has 0 aliphatic rings. The third-order valence-corrected chi connectivity index (χ3v) is 3.81. The van der Waals surface area contributed by atoms with Crippen molar-refractivity contribution in [2.45, 2.75) is 6.92 Å². The van der Waals surface area contributed by atoms with E-state index in [1.165, 1.54) is 6.07 Å². The first kappa shape index (κ1) is 15.8. The lowest BCUT2D eigenvalue weighted by Gasteiger charge is -2.07. The molecule has 0 aliphatic carbocycles. The molecule has 0 saturated carbocycles. The van der Waals surface area contributed by atoms with Gasteiger partial charge >= 0.3 is 0 Å². The number of carbonyl (C=O) groups is 1. The highest BCUT2D eigenvalue weighted by Crippen LogP contribution is 2.26. The van der Waals surface area contributed by atoms with Gasteiger partial charge in [0.15, 0.2) is 0 Å². The van der Waals surface area contributed by atoms with E-state index in [0.29, 0.717) is 33.3 Å². The summed E-state index contributed by atoms with van der Waals surface area (Å²) in [5, 5.41) is 16.1. The Morgan fingerprint density at radius 3 is 2.71 bits per heavy atom. The number of aryl methyl sites for hydroxylation is 1. The number of nitriles is 1. The van der Waals surface area contributed by atoms with Gasteiger partial charge in [-0.25, -0.2) is 0 Å². The number of hydrogen-bond donors (Lipinski definition) is 1. The molecule has 0 radical (unpaired) electrons. The molecule has 3 aromatic rings. The van der Waals surface area contributed by atoms with Crippen molar-refractivity contribution in [2.75, 3.05) is 5.32 Å². The number of aromatic nitrogens is 1. The molecule has 1 heterocycles. The third-order valence-electron chi connectivity index (χ3n) is 3.48. The van der Waals surface area contributed by atoms with Crippen LogP contribution in [0.5, 0.6) is 0 Å². The van der Waals surface area contributed by atoms with E-state index in [1.807, 2.05) is 36.4 Å². The van der Waals surface area contributed by atoms with Gasteiger partial charge in [-0.2, -0.15) is 5.26 Å². The average molecular weight is 338 g/mol. The number of anilines is 1. The molecule has 6 heteroatoms. The molecule has 0 atom stereocenters. The first-order valence-electron chi connectivity index (χ1n) is 7.13. The summed E-state index contributed by atoms with van der Waals surface area (Å²) in [6.45, 7) is 1.68. The Morgan fingerprint density at radius 1 is 1.25 bits per heavy atom. The van der Waals surface area contributed by atoms with E-state index in [1.54, 1.807) is 19.1 Å². The van der Waals surface area contributed by atoms with Crippen LogP contribution >= 0.6 is 11.6 Å². The van der Waals surface area contributed by atoms with E-state index in [0.717, 1.165) is 5.56 Å². The molecular formula is C18H12ClN3O2. The van der Waals surface area contributed by atoms with Crippen LogP contribution in [0.1, 0.15) is 21.7 Å². The fraction of sp³-hybridized carbons (Fsp3) is 0.0556. The van der Waals surface area contributed by atoms with Crippen LogP contribution in [-0.4, -0.2) is 11.1 Å². The number of hydrogen-bond acceptors (Lipinski definition) is 4. The molecule has 0 saturated heterocycles. The number of benzene rings is 2. The molecule has 3 rings (SSSR count). The lowest BCUT2D eigenvalue weighted by molar-refractivity contribution is 0.102. The summed E-state index contributed by atoms with van der Waals surface area (Å²) in [6.07, 6.45) is 0. The minimum Gasteiger partial charge on any atom is -0.360 e. The van der Waals surface area contributed by atoms with Crippen molar-refractivity contribution < 1.29 is 9.32 Å². The molecule has 0 spiro atoms. The van der Waals surface area contributed by atoms with Gasteiger partial charge in [-0.3, -0.25) is 4.79 Å². The molecule has 1 N–H and O–H groups in total. The van der Waals surface area contributed by atoms with Gasteiger partial charge in [-0.15, -0.1) is 0 Å². The summed E-state index contributed by atoms with van der Waals surface area (Å²) in [7, 11) is 0. The van der Waals surface area contributed by atoms with Gasteiger partial charge in [-0.05, 0) is 25.1 Å². The van der Waals surface area contributed by atoms with E-state index in [2.05, 4.69) is 10.5 Å². The zero-order valence-corrected chi connectivity index (χ0v) is 13.5. The number of halogens is 1.